The topological polar surface area (TPSA) is 61.9 Å². The Hall–Kier alpha value is -0.580. The summed E-state index contributed by atoms with van der Waals surface area (Å²) >= 11 is 3.56. The van der Waals surface area contributed by atoms with Gasteiger partial charge >= 0.3 is 0 Å². The number of likely N-dealkylation sites (tertiary alicyclic amines) is 1. The first-order valence-corrected chi connectivity index (χ1v) is 15.1. The van der Waals surface area contributed by atoms with Crippen LogP contribution in [-0.4, -0.2) is 69.6 Å². The maximum Gasteiger partial charge on any atom is 0.279 e. The quantitative estimate of drug-likeness (QED) is 0.488. The number of piperidine rings is 1. The summed E-state index contributed by atoms with van der Waals surface area (Å²) in [7, 11) is -3.39. The number of ether oxygens (including phenoxy) is 1. The zero-order chi connectivity index (χ0) is 24.0. The fourth-order valence-corrected chi connectivity index (χ4v) is 7.51. The van der Waals surface area contributed by atoms with E-state index in [-0.39, 0.29) is 11.9 Å². The van der Waals surface area contributed by atoms with Crippen LogP contribution in [0.4, 0.5) is 4.39 Å². The molecule has 1 aliphatic carbocycles. The van der Waals surface area contributed by atoms with Gasteiger partial charge in [-0.05, 0) is 113 Å². The highest BCUT2D eigenvalue weighted by atomic mass is 79.9. The van der Waals surface area contributed by atoms with E-state index in [1.165, 1.54) is 36.1 Å². The second kappa shape index (κ2) is 12.6. The first-order valence-electron chi connectivity index (χ1n) is 12.9. The SMILES string of the molecule is O=S(=O)(N[C@H]1CC[C@H](CCCN2CCC(Cc3cc(F)ccc3Br)CC2)CC1)N1CCOCC1. The van der Waals surface area contributed by atoms with Gasteiger partial charge < -0.3 is 9.64 Å². The highest BCUT2D eigenvalue weighted by Crippen LogP contribution is 2.30. The fourth-order valence-electron chi connectivity index (χ4n) is 5.67. The molecule has 1 N–H and O–H groups in total. The summed E-state index contributed by atoms with van der Waals surface area (Å²) in [6.07, 6.45) is 9.86. The van der Waals surface area contributed by atoms with Crippen LogP contribution in [0.5, 0.6) is 0 Å². The second-order valence-electron chi connectivity index (χ2n) is 10.2. The van der Waals surface area contributed by atoms with E-state index in [4.69, 9.17) is 4.74 Å². The molecule has 192 valence electrons. The van der Waals surface area contributed by atoms with Crippen LogP contribution in [0.15, 0.2) is 22.7 Å². The molecule has 2 heterocycles. The number of rotatable bonds is 9. The molecule has 1 aromatic rings. The van der Waals surface area contributed by atoms with Gasteiger partial charge in [0, 0.05) is 23.6 Å². The van der Waals surface area contributed by atoms with Crippen molar-refractivity contribution in [2.24, 2.45) is 11.8 Å². The van der Waals surface area contributed by atoms with E-state index in [1.54, 1.807) is 6.07 Å². The molecule has 6 nitrogen and oxygen atoms in total. The van der Waals surface area contributed by atoms with Gasteiger partial charge in [-0.2, -0.15) is 17.4 Å². The van der Waals surface area contributed by atoms with Gasteiger partial charge in [-0.15, -0.1) is 0 Å². The van der Waals surface area contributed by atoms with Crippen LogP contribution in [0, 0.1) is 17.7 Å². The third kappa shape index (κ3) is 7.71. The normalized spacial score (nSPS) is 26.1. The Morgan fingerprint density at radius 3 is 2.41 bits per heavy atom. The molecule has 0 radical (unpaired) electrons. The van der Waals surface area contributed by atoms with Crippen LogP contribution in [0.3, 0.4) is 0 Å². The molecule has 0 atom stereocenters. The summed E-state index contributed by atoms with van der Waals surface area (Å²) in [5, 5.41) is 0. The van der Waals surface area contributed by atoms with Crippen molar-refractivity contribution < 1.29 is 17.5 Å². The number of hydrogen-bond acceptors (Lipinski definition) is 4. The van der Waals surface area contributed by atoms with E-state index >= 15 is 0 Å². The minimum absolute atomic E-state index is 0.0706. The third-order valence-electron chi connectivity index (χ3n) is 7.78. The van der Waals surface area contributed by atoms with Crippen molar-refractivity contribution in [1.29, 1.82) is 0 Å². The van der Waals surface area contributed by atoms with Gasteiger partial charge in [-0.25, -0.2) is 4.39 Å². The highest BCUT2D eigenvalue weighted by molar-refractivity contribution is 9.10. The number of hydrogen-bond donors (Lipinski definition) is 1. The second-order valence-corrected chi connectivity index (χ2v) is 12.8. The molecule has 1 aromatic carbocycles. The van der Waals surface area contributed by atoms with Crippen LogP contribution in [-0.2, 0) is 21.4 Å². The van der Waals surface area contributed by atoms with Crippen molar-refractivity contribution >= 4 is 26.1 Å². The van der Waals surface area contributed by atoms with Gasteiger partial charge in [0.15, 0.2) is 0 Å². The van der Waals surface area contributed by atoms with E-state index in [9.17, 15) is 12.8 Å². The third-order valence-corrected chi connectivity index (χ3v) is 10.2. The largest absolute Gasteiger partial charge is 0.379 e. The predicted octanol–water partition coefficient (Wildman–Crippen LogP) is 4.35. The Morgan fingerprint density at radius 2 is 1.71 bits per heavy atom. The van der Waals surface area contributed by atoms with Crippen molar-refractivity contribution in [2.45, 2.75) is 63.8 Å². The van der Waals surface area contributed by atoms with E-state index in [2.05, 4.69) is 25.6 Å². The summed E-state index contributed by atoms with van der Waals surface area (Å²) in [4.78, 5) is 2.58. The molecule has 2 aliphatic heterocycles. The number of halogens is 2. The molecule has 2 saturated heterocycles. The molecule has 9 heteroatoms. The minimum atomic E-state index is -3.39. The zero-order valence-electron chi connectivity index (χ0n) is 20.1. The molecule has 0 spiro atoms. The van der Waals surface area contributed by atoms with Crippen LogP contribution in [0.1, 0.15) is 56.9 Å². The molecular formula is C25H39BrFN3O3S. The van der Waals surface area contributed by atoms with Gasteiger partial charge in [0.2, 0.25) is 0 Å². The van der Waals surface area contributed by atoms with Gasteiger partial charge in [0.25, 0.3) is 10.2 Å². The van der Waals surface area contributed by atoms with Crippen LogP contribution >= 0.6 is 15.9 Å². The van der Waals surface area contributed by atoms with Crippen LogP contribution in [0.25, 0.3) is 0 Å². The number of nitrogens with one attached hydrogen (secondary N) is 1. The van der Waals surface area contributed by atoms with E-state index in [1.807, 2.05) is 6.07 Å². The van der Waals surface area contributed by atoms with Gasteiger partial charge in [-0.3, -0.25) is 0 Å². The number of nitrogens with zero attached hydrogens (tertiary/aromatic N) is 2. The van der Waals surface area contributed by atoms with E-state index in [0.29, 0.717) is 38.1 Å². The van der Waals surface area contributed by atoms with Crippen molar-refractivity contribution in [3.8, 4) is 0 Å². The minimum Gasteiger partial charge on any atom is -0.379 e. The zero-order valence-corrected chi connectivity index (χ0v) is 22.5. The average Bonchev–Trinajstić information content (AvgIpc) is 2.84. The predicted molar refractivity (Wildman–Crippen MR) is 136 cm³/mol. The van der Waals surface area contributed by atoms with E-state index < -0.39 is 10.2 Å². The molecule has 3 aliphatic rings. The molecule has 3 fully saturated rings. The molecular weight excluding hydrogens is 521 g/mol. The Morgan fingerprint density at radius 1 is 1.00 bits per heavy atom. The van der Waals surface area contributed by atoms with Crippen molar-refractivity contribution in [1.82, 2.24) is 13.9 Å². The lowest BCUT2D eigenvalue weighted by atomic mass is 9.83. The van der Waals surface area contributed by atoms with Crippen LogP contribution in [0.2, 0.25) is 0 Å². The molecule has 1 saturated carbocycles. The maximum absolute atomic E-state index is 13.6. The van der Waals surface area contributed by atoms with Gasteiger partial charge in [0.05, 0.1) is 13.2 Å². The van der Waals surface area contributed by atoms with Crippen LogP contribution < -0.4 is 4.72 Å². The Labute approximate surface area is 212 Å². The molecule has 4 rings (SSSR count). The summed E-state index contributed by atoms with van der Waals surface area (Å²) in [6, 6.07) is 5.05. The number of benzene rings is 1. The summed E-state index contributed by atoms with van der Waals surface area (Å²) in [5.74, 6) is 1.19. The smallest absolute Gasteiger partial charge is 0.279 e. The Kier molecular flexibility index (Phi) is 9.81. The van der Waals surface area contributed by atoms with Crippen molar-refractivity contribution in [2.75, 3.05) is 45.9 Å². The Bertz CT molecular complexity index is 881. The standard InChI is InChI=1S/C25H39BrFN3O3S/c26-25-8-5-23(27)19-22(25)18-21-9-12-29(13-10-21)11-1-2-20-3-6-24(7-4-20)28-34(31,32)30-14-16-33-17-15-30/h5,8,19-21,24,28H,1-4,6-7,9-18H2/t20-,24-. The van der Waals surface area contributed by atoms with Gasteiger partial charge in [-0.1, -0.05) is 15.9 Å². The molecule has 0 unspecified atom stereocenters. The molecule has 34 heavy (non-hydrogen) atoms. The monoisotopic (exact) mass is 559 g/mol. The summed E-state index contributed by atoms with van der Waals surface area (Å²) in [5.41, 5.74) is 1.08. The lowest BCUT2D eigenvalue weighted by Gasteiger charge is -2.34. The summed E-state index contributed by atoms with van der Waals surface area (Å²) in [6.45, 7) is 5.28. The Balaban J connectivity index is 1.09. The van der Waals surface area contributed by atoms with Crippen molar-refractivity contribution in [3.63, 3.8) is 0 Å². The number of morpholine rings is 1. The molecule has 0 aromatic heterocycles. The lowest BCUT2D eigenvalue weighted by molar-refractivity contribution is 0.0721. The average molecular weight is 561 g/mol. The van der Waals surface area contributed by atoms with Crippen molar-refractivity contribution in [3.05, 3.63) is 34.1 Å². The van der Waals surface area contributed by atoms with E-state index in [0.717, 1.165) is 61.8 Å². The molecule has 0 bridgehead atoms. The first kappa shape index (κ1) is 26.5. The molecule has 0 amide bonds. The first-order chi connectivity index (χ1) is 16.4. The lowest BCUT2D eigenvalue weighted by Crippen LogP contribution is -2.50. The fraction of sp³-hybridized carbons (Fsp3) is 0.760. The summed E-state index contributed by atoms with van der Waals surface area (Å²) < 4.78 is 49.4. The highest BCUT2D eigenvalue weighted by Gasteiger charge is 2.29. The van der Waals surface area contributed by atoms with Gasteiger partial charge in [0.1, 0.15) is 5.82 Å². The maximum atomic E-state index is 13.6.